The first-order valence-corrected chi connectivity index (χ1v) is 11.3. The fourth-order valence-corrected chi connectivity index (χ4v) is 4.14. The standard InChI is InChI=1S/C25H23FN4O2S/c1-17-6-12-21(13-7-17)30-23(15-27-24(31)19-4-3-5-22(14-19)32-2)28-29-25(30)33-16-18-8-10-20(26)11-9-18/h3-14H,15-16H2,1-2H3,(H,27,31). The number of amides is 1. The average molecular weight is 463 g/mol. The topological polar surface area (TPSA) is 69.0 Å². The monoisotopic (exact) mass is 462 g/mol. The van der Waals surface area contributed by atoms with Crippen LogP contribution in [0.3, 0.4) is 0 Å². The van der Waals surface area contributed by atoms with E-state index in [-0.39, 0.29) is 18.3 Å². The van der Waals surface area contributed by atoms with Crippen molar-refractivity contribution in [2.24, 2.45) is 0 Å². The number of rotatable bonds is 8. The zero-order chi connectivity index (χ0) is 23.2. The molecule has 0 saturated carbocycles. The minimum atomic E-state index is -0.263. The summed E-state index contributed by atoms with van der Waals surface area (Å²) in [5.74, 6) is 1.34. The molecule has 8 heteroatoms. The van der Waals surface area contributed by atoms with Gasteiger partial charge in [-0.1, -0.05) is 47.7 Å². The third-order valence-corrected chi connectivity index (χ3v) is 6.01. The summed E-state index contributed by atoms with van der Waals surface area (Å²) in [5, 5.41) is 12.3. The van der Waals surface area contributed by atoms with Crippen LogP contribution in [0.4, 0.5) is 4.39 Å². The predicted octanol–water partition coefficient (Wildman–Crippen LogP) is 4.95. The van der Waals surface area contributed by atoms with Gasteiger partial charge in [0.05, 0.1) is 13.7 Å². The molecule has 6 nitrogen and oxygen atoms in total. The lowest BCUT2D eigenvalue weighted by Gasteiger charge is -2.12. The van der Waals surface area contributed by atoms with Crippen LogP contribution >= 0.6 is 11.8 Å². The number of thioether (sulfide) groups is 1. The van der Waals surface area contributed by atoms with Gasteiger partial charge in [0.15, 0.2) is 11.0 Å². The molecule has 0 atom stereocenters. The second-order valence-electron chi connectivity index (χ2n) is 7.40. The Balaban J connectivity index is 1.55. The van der Waals surface area contributed by atoms with Crippen LogP contribution in [0.2, 0.25) is 0 Å². The van der Waals surface area contributed by atoms with Gasteiger partial charge in [0.2, 0.25) is 0 Å². The molecule has 1 heterocycles. The van der Waals surface area contributed by atoms with Gasteiger partial charge in [-0.05, 0) is 55.0 Å². The van der Waals surface area contributed by atoms with Crippen LogP contribution in [0.5, 0.6) is 5.75 Å². The molecule has 0 unspecified atom stereocenters. The molecule has 0 fully saturated rings. The zero-order valence-corrected chi connectivity index (χ0v) is 19.1. The number of nitrogens with one attached hydrogen (secondary N) is 1. The maximum atomic E-state index is 13.2. The van der Waals surface area contributed by atoms with Crippen LogP contribution in [0.25, 0.3) is 5.69 Å². The van der Waals surface area contributed by atoms with E-state index >= 15 is 0 Å². The SMILES string of the molecule is COc1cccc(C(=O)NCc2nnc(SCc3ccc(F)cc3)n2-c2ccc(C)cc2)c1. The Labute approximate surface area is 195 Å². The summed E-state index contributed by atoms with van der Waals surface area (Å²) in [7, 11) is 1.56. The minimum Gasteiger partial charge on any atom is -0.497 e. The fraction of sp³-hybridized carbons (Fsp3) is 0.160. The van der Waals surface area contributed by atoms with E-state index in [0.29, 0.717) is 28.0 Å². The van der Waals surface area contributed by atoms with E-state index < -0.39 is 0 Å². The molecule has 3 aromatic carbocycles. The molecule has 0 spiro atoms. The molecular formula is C25H23FN4O2S. The number of ether oxygens (including phenoxy) is 1. The van der Waals surface area contributed by atoms with Gasteiger partial charge in [-0.2, -0.15) is 0 Å². The minimum absolute atomic E-state index is 0.202. The molecule has 0 aliphatic rings. The highest BCUT2D eigenvalue weighted by Crippen LogP contribution is 2.26. The van der Waals surface area contributed by atoms with Crippen molar-refractivity contribution in [2.45, 2.75) is 24.4 Å². The number of methoxy groups -OCH3 is 1. The maximum Gasteiger partial charge on any atom is 0.251 e. The average Bonchev–Trinajstić information content (AvgIpc) is 3.25. The maximum absolute atomic E-state index is 13.2. The third kappa shape index (κ3) is 5.59. The number of benzene rings is 3. The van der Waals surface area contributed by atoms with Gasteiger partial charge in [0.1, 0.15) is 11.6 Å². The van der Waals surface area contributed by atoms with E-state index in [0.717, 1.165) is 16.8 Å². The van der Waals surface area contributed by atoms with E-state index in [1.54, 1.807) is 43.5 Å². The number of carbonyl (C=O) groups excluding carboxylic acids is 1. The van der Waals surface area contributed by atoms with Crippen molar-refractivity contribution in [1.82, 2.24) is 20.1 Å². The summed E-state index contributed by atoms with van der Waals surface area (Å²) in [6.07, 6.45) is 0. The number of aryl methyl sites for hydroxylation is 1. The Kier molecular flexibility index (Phi) is 7.04. The second kappa shape index (κ2) is 10.3. The Morgan fingerprint density at radius 3 is 2.55 bits per heavy atom. The van der Waals surface area contributed by atoms with Gasteiger partial charge in [0, 0.05) is 17.0 Å². The van der Waals surface area contributed by atoms with E-state index in [1.807, 2.05) is 35.8 Å². The van der Waals surface area contributed by atoms with Gasteiger partial charge in [-0.25, -0.2) is 4.39 Å². The van der Waals surface area contributed by atoms with Crippen molar-refractivity contribution in [1.29, 1.82) is 0 Å². The van der Waals surface area contributed by atoms with Crippen LogP contribution in [-0.2, 0) is 12.3 Å². The highest BCUT2D eigenvalue weighted by Gasteiger charge is 2.16. The van der Waals surface area contributed by atoms with Crippen LogP contribution in [0, 0.1) is 12.7 Å². The largest absolute Gasteiger partial charge is 0.497 e. The van der Waals surface area contributed by atoms with Crippen LogP contribution < -0.4 is 10.1 Å². The quantitative estimate of drug-likeness (QED) is 0.376. The lowest BCUT2D eigenvalue weighted by molar-refractivity contribution is 0.0949. The zero-order valence-electron chi connectivity index (χ0n) is 18.3. The fourth-order valence-electron chi connectivity index (χ4n) is 3.22. The lowest BCUT2D eigenvalue weighted by atomic mass is 10.2. The molecule has 0 aliphatic heterocycles. The number of nitrogens with zero attached hydrogens (tertiary/aromatic N) is 3. The van der Waals surface area contributed by atoms with Crippen molar-refractivity contribution < 1.29 is 13.9 Å². The van der Waals surface area contributed by atoms with Crippen molar-refractivity contribution in [3.63, 3.8) is 0 Å². The van der Waals surface area contributed by atoms with E-state index in [9.17, 15) is 9.18 Å². The van der Waals surface area contributed by atoms with Crippen molar-refractivity contribution in [3.8, 4) is 11.4 Å². The van der Waals surface area contributed by atoms with Crippen LogP contribution in [0.1, 0.15) is 27.3 Å². The molecule has 4 rings (SSSR count). The van der Waals surface area contributed by atoms with E-state index in [1.165, 1.54) is 23.9 Å². The third-order valence-electron chi connectivity index (χ3n) is 5.01. The van der Waals surface area contributed by atoms with Gasteiger partial charge in [0.25, 0.3) is 5.91 Å². The molecule has 0 aliphatic carbocycles. The number of aromatic nitrogens is 3. The summed E-state index contributed by atoms with van der Waals surface area (Å²) in [5.41, 5.74) is 3.52. The lowest BCUT2D eigenvalue weighted by Crippen LogP contribution is -2.24. The number of carbonyl (C=O) groups is 1. The van der Waals surface area contributed by atoms with Gasteiger partial charge < -0.3 is 10.1 Å². The Hall–Kier alpha value is -3.65. The first-order chi connectivity index (χ1) is 16.0. The molecule has 0 bridgehead atoms. The molecule has 33 heavy (non-hydrogen) atoms. The highest BCUT2D eigenvalue weighted by molar-refractivity contribution is 7.98. The number of halogens is 1. The Bertz CT molecular complexity index is 1240. The molecule has 1 aromatic heterocycles. The first kappa shape index (κ1) is 22.5. The Morgan fingerprint density at radius 2 is 1.82 bits per heavy atom. The molecule has 1 N–H and O–H groups in total. The first-order valence-electron chi connectivity index (χ1n) is 10.3. The van der Waals surface area contributed by atoms with Crippen LogP contribution in [-0.4, -0.2) is 27.8 Å². The van der Waals surface area contributed by atoms with E-state index in [4.69, 9.17) is 4.74 Å². The Morgan fingerprint density at radius 1 is 1.06 bits per heavy atom. The van der Waals surface area contributed by atoms with Crippen molar-refractivity contribution in [2.75, 3.05) is 7.11 Å². The number of hydrogen-bond acceptors (Lipinski definition) is 5. The summed E-state index contributed by atoms with van der Waals surface area (Å²) >= 11 is 1.50. The van der Waals surface area contributed by atoms with Gasteiger partial charge in [-0.15, -0.1) is 10.2 Å². The molecule has 0 saturated heterocycles. The highest BCUT2D eigenvalue weighted by atomic mass is 32.2. The van der Waals surface area contributed by atoms with Crippen molar-refractivity contribution in [3.05, 3.63) is 101 Å². The second-order valence-corrected chi connectivity index (χ2v) is 8.34. The summed E-state index contributed by atoms with van der Waals surface area (Å²) < 4.78 is 20.3. The van der Waals surface area contributed by atoms with E-state index in [2.05, 4.69) is 15.5 Å². The molecule has 1 amide bonds. The van der Waals surface area contributed by atoms with Gasteiger partial charge >= 0.3 is 0 Å². The molecule has 0 radical (unpaired) electrons. The summed E-state index contributed by atoms with van der Waals surface area (Å²) in [4.78, 5) is 12.7. The molecule has 4 aromatic rings. The predicted molar refractivity (Wildman–Crippen MR) is 126 cm³/mol. The number of hydrogen-bond donors (Lipinski definition) is 1. The smallest absolute Gasteiger partial charge is 0.251 e. The van der Waals surface area contributed by atoms with Crippen LogP contribution in [0.15, 0.2) is 78.0 Å². The van der Waals surface area contributed by atoms with Crippen molar-refractivity contribution >= 4 is 17.7 Å². The summed E-state index contributed by atoms with van der Waals surface area (Å²) in [6.45, 7) is 2.23. The summed E-state index contributed by atoms with van der Waals surface area (Å²) in [6, 6.07) is 21.4. The van der Waals surface area contributed by atoms with Gasteiger partial charge in [-0.3, -0.25) is 9.36 Å². The molecule has 168 valence electrons. The molecular weight excluding hydrogens is 439 g/mol. The normalized spacial score (nSPS) is 10.8.